The molecular weight excluding hydrogens is 578 g/mol. The van der Waals surface area contributed by atoms with Crippen LogP contribution in [-0.4, -0.2) is 25.6 Å². The Morgan fingerprint density at radius 1 is 1.08 bits per heavy atom. The Morgan fingerprint density at radius 2 is 1.78 bits per heavy atom. The zero-order valence-electron chi connectivity index (χ0n) is 19.5. The Kier molecular flexibility index (Phi) is 9.41. The molecule has 0 bridgehead atoms. The summed E-state index contributed by atoms with van der Waals surface area (Å²) in [5.41, 5.74) is 2.01. The van der Waals surface area contributed by atoms with Gasteiger partial charge >= 0.3 is 5.97 Å². The van der Waals surface area contributed by atoms with Crippen LogP contribution >= 0.6 is 22.6 Å². The molecule has 0 unspecified atom stereocenters. The number of nitrogens with one attached hydrogen (secondary N) is 1. The van der Waals surface area contributed by atoms with E-state index in [1.165, 1.54) is 37.5 Å². The highest BCUT2D eigenvalue weighted by atomic mass is 127. The van der Waals surface area contributed by atoms with Crippen molar-refractivity contribution in [3.8, 4) is 17.6 Å². The smallest absolute Gasteiger partial charge is 0.337 e. The van der Waals surface area contributed by atoms with Crippen LogP contribution in [0.2, 0.25) is 0 Å². The van der Waals surface area contributed by atoms with Crippen molar-refractivity contribution in [1.29, 1.82) is 5.26 Å². The fourth-order valence-electron chi connectivity index (χ4n) is 3.13. The van der Waals surface area contributed by atoms with Gasteiger partial charge in [-0.2, -0.15) is 5.26 Å². The molecule has 36 heavy (non-hydrogen) atoms. The molecule has 0 atom stereocenters. The van der Waals surface area contributed by atoms with Crippen molar-refractivity contribution in [2.24, 2.45) is 0 Å². The minimum Gasteiger partial charge on any atom is -0.490 e. The number of carbonyl (C=O) groups excluding carboxylic acids is 2. The second-order valence-corrected chi connectivity index (χ2v) is 8.53. The summed E-state index contributed by atoms with van der Waals surface area (Å²) in [5, 5.41) is 12.2. The molecule has 3 aromatic rings. The zero-order valence-corrected chi connectivity index (χ0v) is 21.7. The zero-order chi connectivity index (χ0) is 26.1. The van der Waals surface area contributed by atoms with Gasteiger partial charge in [-0.15, -0.1) is 0 Å². The number of rotatable bonds is 9. The number of ether oxygens (including phenoxy) is 3. The number of hydrogen-bond donors (Lipinski definition) is 1. The summed E-state index contributed by atoms with van der Waals surface area (Å²) in [6.45, 7) is 2.42. The standard InChI is InChI=1S/C27H22FIN2O5/c1-3-35-24-14-18(13-23(29)25(24)36-16-17-4-8-21(28)9-5-17)12-20(15-30)26(32)31-22-10-6-19(7-11-22)27(33)34-2/h4-14H,3,16H2,1-2H3,(H,31,32)/b20-12+. The first-order valence-corrected chi connectivity index (χ1v) is 11.9. The predicted octanol–water partition coefficient (Wildman–Crippen LogP) is 5.74. The number of nitriles is 1. The minimum absolute atomic E-state index is 0.120. The largest absolute Gasteiger partial charge is 0.490 e. The molecule has 3 rings (SSSR count). The molecule has 1 N–H and O–H groups in total. The molecule has 1 amide bonds. The van der Waals surface area contributed by atoms with Gasteiger partial charge in [-0.1, -0.05) is 12.1 Å². The average Bonchev–Trinajstić information content (AvgIpc) is 2.88. The first kappa shape index (κ1) is 26.7. The van der Waals surface area contributed by atoms with Crippen molar-refractivity contribution >= 4 is 46.2 Å². The Balaban J connectivity index is 1.80. The highest BCUT2D eigenvalue weighted by Crippen LogP contribution is 2.35. The predicted molar refractivity (Wildman–Crippen MR) is 141 cm³/mol. The summed E-state index contributed by atoms with van der Waals surface area (Å²) in [5.74, 6) is -0.459. The Morgan fingerprint density at radius 3 is 2.39 bits per heavy atom. The maximum atomic E-state index is 13.2. The van der Waals surface area contributed by atoms with Gasteiger partial charge in [0.1, 0.15) is 24.1 Å². The number of methoxy groups -OCH3 is 1. The van der Waals surface area contributed by atoms with E-state index in [-0.39, 0.29) is 18.0 Å². The SMILES string of the molecule is CCOc1cc(/C=C(\C#N)C(=O)Nc2ccc(C(=O)OC)cc2)cc(I)c1OCc1ccc(F)cc1. The van der Waals surface area contributed by atoms with Crippen LogP contribution < -0.4 is 14.8 Å². The van der Waals surface area contributed by atoms with Gasteiger partial charge in [-0.05, 0) is 95.2 Å². The number of carbonyl (C=O) groups is 2. The van der Waals surface area contributed by atoms with Gasteiger partial charge in [0.05, 0.1) is 22.9 Å². The van der Waals surface area contributed by atoms with E-state index in [2.05, 4.69) is 32.6 Å². The lowest BCUT2D eigenvalue weighted by molar-refractivity contribution is -0.112. The highest BCUT2D eigenvalue weighted by molar-refractivity contribution is 14.1. The third-order valence-electron chi connectivity index (χ3n) is 4.87. The molecule has 0 aliphatic rings. The number of amides is 1. The molecule has 0 fully saturated rings. The van der Waals surface area contributed by atoms with Crippen LogP contribution in [-0.2, 0) is 16.1 Å². The summed E-state index contributed by atoms with van der Waals surface area (Å²) in [4.78, 5) is 24.3. The van der Waals surface area contributed by atoms with E-state index < -0.39 is 11.9 Å². The van der Waals surface area contributed by atoms with E-state index >= 15 is 0 Å². The molecule has 3 aromatic carbocycles. The van der Waals surface area contributed by atoms with Crippen LogP contribution in [0.4, 0.5) is 10.1 Å². The number of halogens is 2. The van der Waals surface area contributed by atoms with Gasteiger partial charge in [0.2, 0.25) is 0 Å². The van der Waals surface area contributed by atoms with E-state index in [1.54, 1.807) is 36.4 Å². The van der Waals surface area contributed by atoms with Crippen molar-refractivity contribution < 1.29 is 28.2 Å². The molecule has 0 saturated heterocycles. The number of nitrogens with zero attached hydrogens (tertiary/aromatic N) is 1. The van der Waals surface area contributed by atoms with Gasteiger partial charge in [0, 0.05) is 5.69 Å². The molecule has 0 aromatic heterocycles. The summed E-state index contributed by atoms with van der Waals surface area (Å²) in [6.07, 6.45) is 1.45. The van der Waals surface area contributed by atoms with Gasteiger partial charge in [-0.25, -0.2) is 9.18 Å². The molecule has 0 aliphatic carbocycles. The van der Waals surface area contributed by atoms with Crippen LogP contribution in [0, 0.1) is 20.7 Å². The first-order chi connectivity index (χ1) is 17.3. The topological polar surface area (TPSA) is 97.7 Å². The van der Waals surface area contributed by atoms with Crippen molar-refractivity contribution in [1.82, 2.24) is 0 Å². The fraction of sp³-hybridized carbons (Fsp3) is 0.148. The van der Waals surface area contributed by atoms with Crippen LogP contribution in [0.15, 0.2) is 66.2 Å². The molecule has 0 heterocycles. The normalized spacial score (nSPS) is 10.8. The number of benzene rings is 3. The summed E-state index contributed by atoms with van der Waals surface area (Å²) in [7, 11) is 1.28. The van der Waals surface area contributed by atoms with Crippen LogP contribution in [0.25, 0.3) is 6.08 Å². The second-order valence-electron chi connectivity index (χ2n) is 7.37. The molecule has 0 saturated carbocycles. The first-order valence-electron chi connectivity index (χ1n) is 10.8. The van der Waals surface area contributed by atoms with Crippen molar-refractivity contribution in [3.05, 3.63) is 92.3 Å². The fourth-order valence-corrected chi connectivity index (χ4v) is 3.91. The number of hydrogen-bond acceptors (Lipinski definition) is 6. The second kappa shape index (κ2) is 12.7. The Labute approximate surface area is 221 Å². The van der Waals surface area contributed by atoms with E-state index in [0.29, 0.717) is 38.5 Å². The lowest BCUT2D eigenvalue weighted by Gasteiger charge is -2.15. The van der Waals surface area contributed by atoms with Crippen molar-refractivity contribution in [2.75, 3.05) is 19.0 Å². The van der Waals surface area contributed by atoms with Crippen LogP contribution in [0.1, 0.15) is 28.4 Å². The van der Waals surface area contributed by atoms with Gasteiger partial charge < -0.3 is 19.5 Å². The van der Waals surface area contributed by atoms with E-state index in [1.807, 2.05) is 13.0 Å². The highest BCUT2D eigenvalue weighted by Gasteiger charge is 2.15. The molecule has 7 nitrogen and oxygen atoms in total. The Hall–Kier alpha value is -3.91. The van der Waals surface area contributed by atoms with Gasteiger partial charge in [0.15, 0.2) is 11.5 Å². The van der Waals surface area contributed by atoms with Gasteiger partial charge in [-0.3, -0.25) is 4.79 Å². The third-order valence-corrected chi connectivity index (χ3v) is 5.67. The van der Waals surface area contributed by atoms with Gasteiger partial charge in [0.25, 0.3) is 5.91 Å². The third kappa shape index (κ3) is 7.05. The lowest BCUT2D eigenvalue weighted by atomic mass is 10.1. The van der Waals surface area contributed by atoms with Crippen molar-refractivity contribution in [2.45, 2.75) is 13.5 Å². The molecule has 0 radical (unpaired) electrons. The summed E-state index contributed by atoms with van der Waals surface area (Å²) < 4.78 is 30.2. The average molecular weight is 600 g/mol. The minimum atomic E-state index is -0.604. The summed E-state index contributed by atoms with van der Waals surface area (Å²) in [6, 6.07) is 17.5. The molecule has 184 valence electrons. The summed E-state index contributed by atoms with van der Waals surface area (Å²) >= 11 is 2.09. The van der Waals surface area contributed by atoms with Crippen molar-refractivity contribution in [3.63, 3.8) is 0 Å². The Bertz CT molecular complexity index is 1320. The van der Waals surface area contributed by atoms with Crippen LogP contribution in [0.3, 0.4) is 0 Å². The molecular formula is C27H22FIN2O5. The lowest BCUT2D eigenvalue weighted by Crippen LogP contribution is -2.13. The van der Waals surface area contributed by atoms with E-state index in [9.17, 15) is 19.2 Å². The molecule has 0 spiro atoms. The quantitative estimate of drug-likeness (QED) is 0.146. The van der Waals surface area contributed by atoms with E-state index in [0.717, 1.165) is 5.56 Å². The van der Waals surface area contributed by atoms with Crippen LogP contribution in [0.5, 0.6) is 11.5 Å². The monoisotopic (exact) mass is 600 g/mol. The number of esters is 1. The number of anilines is 1. The molecule has 0 aliphatic heterocycles. The van der Waals surface area contributed by atoms with E-state index in [4.69, 9.17) is 9.47 Å². The maximum absolute atomic E-state index is 13.2. The molecule has 9 heteroatoms. The maximum Gasteiger partial charge on any atom is 0.337 e.